The van der Waals surface area contributed by atoms with Crippen molar-refractivity contribution in [1.29, 1.82) is 0 Å². The fourth-order valence-electron chi connectivity index (χ4n) is 2.97. The summed E-state index contributed by atoms with van der Waals surface area (Å²) in [5, 5.41) is 0.690. The molecule has 0 N–H and O–H groups in total. The topological polar surface area (TPSA) is 64.4 Å². The van der Waals surface area contributed by atoms with E-state index in [0.717, 1.165) is 17.0 Å². The van der Waals surface area contributed by atoms with E-state index in [-0.39, 0.29) is 5.91 Å². The van der Waals surface area contributed by atoms with Crippen LogP contribution in [0.1, 0.15) is 23.9 Å². The average molecular weight is 348 g/mol. The number of amides is 1. The van der Waals surface area contributed by atoms with Gasteiger partial charge in [0.2, 0.25) is 5.91 Å². The predicted octanol–water partition coefficient (Wildman–Crippen LogP) is 2.03. The number of benzene rings is 1. The van der Waals surface area contributed by atoms with Gasteiger partial charge in [-0.2, -0.15) is 0 Å². The number of ether oxygens (including phenoxy) is 1. The van der Waals surface area contributed by atoms with E-state index in [9.17, 15) is 9.59 Å². The van der Waals surface area contributed by atoms with E-state index in [1.165, 1.54) is 18.9 Å². The first kappa shape index (κ1) is 16.5. The van der Waals surface area contributed by atoms with Gasteiger partial charge < -0.3 is 14.2 Å². The minimum atomic E-state index is -0.612. The second-order valence-electron chi connectivity index (χ2n) is 5.78. The lowest BCUT2D eigenvalue weighted by molar-refractivity contribution is -0.153. The fraction of sp³-hybridized carbons (Fsp3) is 0.353. The fourth-order valence-corrected chi connectivity index (χ4v) is 3.09. The summed E-state index contributed by atoms with van der Waals surface area (Å²) in [4.78, 5) is 29.9. The molecule has 1 atom stereocenters. The zero-order valence-corrected chi connectivity index (χ0v) is 14.3. The van der Waals surface area contributed by atoms with E-state index in [4.69, 9.17) is 16.3 Å². The second kappa shape index (κ2) is 6.65. The Kier molecular flexibility index (Phi) is 4.57. The van der Waals surface area contributed by atoms with Crippen molar-refractivity contribution in [3.05, 3.63) is 52.6 Å². The molecule has 1 amide bonds. The standard InChI is InChI=1S/C17H18ClN3O3/c1-11(22)21-9-16-14(7-15(21)17(23)24-2)19-10-20(16)8-12-3-5-13(18)6-4-12/h3-6,10,15H,7-9H2,1-2H3. The SMILES string of the molecule is COC(=O)C1Cc2ncn(Cc3ccc(Cl)cc3)c2CN1C(C)=O. The lowest BCUT2D eigenvalue weighted by Gasteiger charge is -2.33. The van der Waals surface area contributed by atoms with Crippen LogP contribution in [0.3, 0.4) is 0 Å². The molecule has 0 saturated heterocycles. The molecule has 1 aromatic heterocycles. The van der Waals surface area contributed by atoms with Crippen LogP contribution in [0.15, 0.2) is 30.6 Å². The van der Waals surface area contributed by atoms with Crippen LogP contribution in [0, 0.1) is 0 Å². The molecule has 1 aliphatic heterocycles. The molecule has 24 heavy (non-hydrogen) atoms. The van der Waals surface area contributed by atoms with Gasteiger partial charge in [0.15, 0.2) is 0 Å². The van der Waals surface area contributed by atoms with E-state index in [2.05, 4.69) is 4.98 Å². The van der Waals surface area contributed by atoms with E-state index < -0.39 is 12.0 Å². The lowest BCUT2D eigenvalue weighted by atomic mass is 10.0. The van der Waals surface area contributed by atoms with Crippen LogP contribution in [0.5, 0.6) is 0 Å². The Labute approximate surface area is 145 Å². The summed E-state index contributed by atoms with van der Waals surface area (Å²) in [5.74, 6) is -0.571. The van der Waals surface area contributed by atoms with Crippen molar-refractivity contribution in [3.8, 4) is 0 Å². The number of carbonyl (C=O) groups excluding carboxylic acids is 2. The van der Waals surface area contributed by atoms with Gasteiger partial charge in [-0.25, -0.2) is 9.78 Å². The number of imidazole rings is 1. The van der Waals surface area contributed by atoms with Gasteiger partial charge in [0.25, 0.3) is 0 Å². The highest BCUT2D eigenvalue weighted by molar-refractivity contribution is 6.30. The maximum atomic E-state index is 12.0. The molecule has 6 nitrogen and oxygen atoms in total. The van der Waals surface area contributed by atoms with Crippen molar-refractivity contribution < 1.29 is 14.3 Å². The number of hydrogen-bond donors (Lipinski definition) is 0. The average Bonchev–Trinajstić information content (AvgIpc) is 2.97. The van der Waals surface area contributed by atoms with Crippen LogP contribution in [-0.4, -0.2) is 39.5 Å². The van der Waals surface area contributed by atoms with Crippen molar-refractivity contribution in [2.75, 3.05) is 7.11 Å². The van der Waals surface area contributed by atoms with E-state index in [0.29, 0.717) is 24.5 Å². The van der Waals surface area contributed by atoms with Gasteiger partial charge in [0, 0.05) is 24.9 Å². The zero-order valence-electron chi connectivity index (χ0n) is 13.5. The molecular formula is C17H18ClN3O3. The summed E-state index contributed by atoms with van der Waals surface area (Å²) in [6.45, 7) is 2.44. The van der Waals surface area contributed by atoms with Crippen molar-refractivity contribution in [2.45, 2.75) is 32.5 Å². The van der Waals surface area contributed by atoms with Crippen LogP contribution in [0.2, 0.25) is 5.02 Å². The molecule has 0 fully saturated rings. The number of rotatable bonds is 3. The van der Waals surface area contributed by atoms with Gasteiger partial charge in [-0.1, -0.05) is 23.7 Å². The lowest BCUT2D eigenvalue weighted by Crippen LogP contribution is -2.48. The zero-order chi connectivity index (χ0) is 17.3. The number of halogens is 1. The number of carbonyl (C=O) groups is 2. The molecule has 0 spiro atoms. The van der Waals surface area contributed by atoms with Crippen molar-refractivity contribution in [1.82, 2.24) is 14.5 Å². The maximum Gasteiger partial charge on any atom is 0.329 e. The third-order valence-electron chi connectivity index (χ3n) is 4.26. The van der Waals surface area contributed by atoms with Crippen molar-refractivity contribution >= 4 is 23.5 Å². The highest BCUT2D eigenvalue weighted by atomic mass is 35.5. The highest BCUT2D eigenvalue weighted by Gasteiger charge is 2.36. The van der Waals surface area contributed by atoms with Crippen molar-refractivity contribution in [2.24, 2.45) is 0 Å². The number of esters is 1. The molecule has 1 unspecified atom stereocenters. The molecule has 2 aromatic rings. The van der Waals surface area contributed by atoms with Crippen LogP contribution < -0.4 is 0 Å². The quantitative estimate of drug-likeness (QED) is 0.797. The van der Waals surface area contributed by atoms with Gasteiger partial charge >= 0.3 is 5.97 Å². The van der Waals surface area contributed by atoms with Gasteiger partial charge in [-0.3, -0.25) is 4.79 Å². The molecule has 3 rings (SSSR count). The molecule has 126 valence electrons. The summed E-state index contributed by atoms with van der Waals surface area (Å²) < 4.78 is 6.82. The Balaban J connectivity index is 1.88. The Hall–Kier alpha value is -2.34. The van der Waals surface area contributed by atoms with E-state index in [1.807, 2.05) is 28.8 Å². The predicted molar refractivity (Wildman–Crippen MR) is 88.5 cm³/mol. The first-order valence-electron chi connectivity index (χ1n) is 7.62. The van der Waals surface area contributed by atoms with Crippen LogP contribution in [-0.2, 0) is 33.8 Å². The molecule has 0 saturated carbocycles. The summed E-state index contributed by atoms with van der Waals surface area (Å²) in [5.41, 5.74) is 2.86. The maximum absolute atomic E-state index is 12.0. The van der Waals surface area contributed by atoms with Gasteiger partial charge in [-0.05, 0) is 17.7 Å². The number of hydrogen-bond acceptors (Lipinski definition) is 4. The molecule has 0 radical (unpaired) electrons. The van der Waals surface area contributed by atoms with Crippen LogP contribution >= 0.6 is 11.6 Å². The number of methoxy groups -OCH3 is 1. The summed E-state index contributed by atoms with van der Waals surface area (Å²) >= 11 is 5.92. The molecule has 7 heteroatoms. The van der Waals surface area contributed by atoms with Gasteiger partial charge in [0.1, 0.15) is 6.04 Å². The van der Waals surface area contributed by atoms with Crippen molar-refractivity contribution in [3.63, 3.8) is 0 Å². The highest BCUT2D eigenvalue weighted by Crippen LogP contribution is 2.24. The third kappa shape index (κ3) is 3.14. The van der Waals surface area contributed by atoms with Gasteiger partial charge in [-0.15, -0.1) is 0 Å². The van der Waals surface area contributed by atoms with E-state index in [1.54, 1.807) is 6.33 Å². The minimum absolute atomic E-state index is 0.157. The summed E-state index contributed by atoms with van der Waals surface area (Å²) in [7, 11) is 1.33. The first-order valence-corrected chi connectivity index (χ1v) is 7.99. The molecule has 1 aromatic carbocycles. The first-order chi connectivity index (χ1) is 11.5. The van der Waals surface area contributed by atoms with Crippen LogP contribution in [0.4, 0.5) is 0 Å². The molecule has 0 bridgehead atoms. The third-order valence-corrected chi connectivity index (χ3v) is 4.51. The minimum Gasteiger partial charge on any atom is -0.467 e. The Morgan fingerprint density at radius 3 is 2.67 bits per heavy atom. The Bertz CT molecular complexity index is 770. The smallest absolute Gasteiger partial charge is 0.329 e. The number of fused-ring (bicyclic) bond motifs is 1. The molecule has 1 aliphatic rings. The molecular weight excluding hydrogens is 330 g/mol. The molecule has 2 heterocycles. The Morgan fingerprint density at radius 2 is 2.04 bits per heavy atom. The Morgan fingerprint density at radius 1 is 1.33 bits per heavy atom. The monoisotopic (exact) mass is 347 g/mol. The van der Waals surface area contributed by atoms with Gasteiger partial charge in [0.05, 0.1) is 31.4 Å². The summed E-state index contributed by atoms with van der Waals surface area (Å²) in [6.07, 6.45) is 2.12. The normalized spacial score (nSPS) is 16.6. The second-order valence-corrected chi connectivity index (χ2v) is 6.22. The largest absolute Gasteiger partial charge is 0.467 e. The summed E-state index contributed by atoms with van der Waals surface area (Å²) in [6, 6.07) is 6.99. The van der Waals surface area contributed by atoms with Crippen LogP contribution in [0.25, 0.3) is 0 Å². The number of nitrogens with zero attached hydrogens (tertiary/aromatic N) is 3. The molecule has 0 aliphatic carbocycles. The number of aromatic nitrogens is 2. The van der Waals surface area contributed by atoms with E-state index >= 15 is 0 Å².